The van der Waals surface area contributed by atoms with Crippen molar-refractivity contribution in [2.75, 3.05) is 45.7 Å². The van der Waals surface area contributed by atoms with E-state index in [1.54, 1.807) is 82.9 Å². The molecular formula is C82H82N8Na3O12+. The number of carbonyl (C=O) groups is 7. The second-order valence-electron chi connectivity index (χ2n) is 25.8. The number of para-hydroxylation sites is 3. The molecule has 20 nitrogen and oxygen atoms in total. The Balaban J connectivity index is 0.000000285. The van der Waals surface area contributed by atoms with Gasteiger partial charge in [-0.1, -0.05) is 140 Å². The number of aromatic carboxylic acids is 1. The minimum Gasteiger partial charge on any atom is -0.545 e. The molecule has 0 radical (unpaired) electrons. The van der Waals surface area contributed by atoms with E-state index in [9.17, 15) is 38.7 Å². The van der Waals surface area contributed by atoms with Crippen LogP contribution in [0.3, 0.4) is 0 Å². The minimum atomic E-state index is -1.38. The average molecular weight is 1440 g/mol. The van der Waals surface area contributed by atoms with Crippen molar-refractivity contribution in [3.63, 3.8) is 0 Å². The first kappa shape index (κ1) is 86.2. The molecule has 0 saturated heterocycles. The Labute approximate surface area is 679 Å². The third-order valence-corrected chi connectivity index (χ3v) is 15.4. The third-order valence-electron chi connectivity index (χ3n) is 15.4. The predicted molar refractivity (Wildman–Crippen MR) is 399 cm³/mol. The van der Waals surface area contributed by atoms with Gasteiger partial charge in [0.15, 0.2) is 0 Å². The van der Waals surface area contributed by atoms with E-state index in [-0.39, 0.29) is 123 Å². The first-order valence-electron chi connectivity index (χ1n) is 32.6. The van der Waals surface area contributed by atoms with Crippen molar-refractivity contribution in [2.24, 2.45) is 0 Å². The van der Waals surface area contributed by atoms with Crippen LogP contribution in [0.4, 0.5) is 43.7 Å². The summed E-state index contributed by atoms with van der Waals surface area (Å²) in [4.78, 5) is 100. The van der Waals surface area contributed by atoms with Crippen LogP contribution in [0.2, 0.25) is 0 Å². The van der Waals surface area contributed by atoms with Gasteiger partial charge in [0, 0.05) is 81.6 Å². The van der Waals surface area contributed by atoms with Gasteiger partial charge >= 0.3 is 113 Å². The number of nitrogens with two attached hydrogens (primary N) is 1. The van der Waals surface area contributed by atoms with Gasteiger partial charge in [0.1, 0.15) is 11.2 Å². The number of carboxylic acids is 1. The molecule has 4 amide bonds. The van der Waals surface area contributed by atoms with Crippen LogP contribution in [0.15, 0.2) is 225 Å². The molecular weight excluding hydrogens is 1360 g/mol. The zero-order chi connectivity index (χ0) is 74.0. The number of hydrogen-bond acceptors (Lipinski definition) is 16. The van der Waals surface area contributed by atoms with Crippen molar-refractivity contribution in [1.29, 1.82) is 0 Å². The fourth-order valence-corrected chi connectivity index (χ4v) is 10.8. The van der Waals surface area contributed by atoms with E-state index in [1.165, 1.54) is 32.7 Å². The summed E-state index contributed by atoms with van der Waals surface area (Å²) in [5.41, 5.74) is 16.5. The van der Waals surface area contributed by atoms with Crippen molar-refractivity contribution < 1.29 is 146 Å². The summed E-state index contributed by atoms with van der Waals surface area (Å²) >= 11 is 0. The quantitative estimate of drug-likeness (QED) is 0.0223. The third kappa shape index (κ3) is 23.3. The maximum Gasteiger partial charge on any atom is 1.00 e. The van der Waals surface area contributed by atoms with E-state index >= 15 is 0 Å². The molecule has 0 saturated carbocycles. The van der Waals surface area contributed by atoms with Crippen LogP contribution >= 0.6 is 0 Å². The van der Waals surface area contributed by atoms with Crippen molar-refractivity contribution >= 4 is 76.0 Å². The molecule has 0 atom stereocenters. The van der Waals surface area contributed by atoms with E-state index in [4.69, 9.17) is 24.7 Å². The number of nitrogen functional groups attached to an aromatic ring is 1. The summed E-state index contributed by atoms with van der Waals surface area (Å²) in [6.07, 6.45) is 5.37. The van der Waals surface area contributed by atoms with E-state index in [2.05, 4.69) is 33.0 Å². The Kier molecular flexibility index (Phi) is 32.5. The summed E-state index contributed by atoms with van der Waals surface area (Å²) in [5.74, 6) is -3.38. The first-order valence-corrected chi connectivity index (χ1v) is 32.6. The van der Waals surface area contributed by atoms with Gasteiger partial charge in [-0.15, -0.1) is 0 Å². The van der Waals surface area contributed by atoms with Crippen LogP contribution in [0.5, 0.6) is 0 Å². The predicted octanol–water partition coefficient (Wildman–Crippen LogP) is 7.72. The standard InChI is InChI=1S/C34H35N3O5.C26H20N3O3.C22H28N2O4.3Na/c1-22(2)37(33(40)42-34(3,4)5)30-15-11-10-14-27(30)24-16-17-28(32(39)41-6)29(19-24)36-31(38)26-18-25(20-35-21-26)23-12-8-7-9-13-23;1-27-23-10-6-5-9-21(23)18-11-12-22(26(31)32)24(14-18)29-25(30)20-13-19(15-28-16-20)17-7-3-2-4-8-17;1-14(2)24(21(26)28-22(3,4)5)19-10-8-7-9-16(19)15-11-12-17(18(23)13-15)20(25)27-6;;;/h7-22H,1-6H3,(H,36,38);2-16,27H,1H2,(H,29,30)(H,31,32);7-14H,23H2,1-6H3;;;/q;-1;;3*+1/p-1. The van der Waals surface area contributed by atoms with Crippen molar-refractivity contribution in [1.82, 2.24) is 9.97 Å². The van der Waals surface area contributed by atoms with Gasteiger partial charge in [0.25, 0.3) is 11.8 Å². The average Bonchev–Trinajstić information content (AvgIpc) is 0.776. The molecule has 524 valence electrons. The Morgan fingerprint density at radius 3 is 1.19 bits per heavy atom. The molecule has 2 heterocycles. The molecule has 105 heavy (non-hydrogen) atoms. The fourth-order valence-electron chi connectivity index (χ4n) is 10.8. The number of nitrogens with one attached hydrogen (secondary N) is 3. The molecule has 23 heteroatoms. The number of hydrogen-bond donors (Lipinski definition) is 4. The summed E-state index contributed by atoms with van der Waals surface area (Å²) < 4.78 is 21.0. The summed E-state index contributed by atoms with van der Waals surface area (Å²) in [6.45, 7) is 18.6. The Morgan fingerprint density at radius 2 is 0.790 bits per heavy atom. The van der Waals surface area contributed by atoms with E-state index in [0.29, 0.717) is 44.9 Å². The van der Waals surface area contributed by atoms with E-state index < -0.39 is 53.1 Å². The van der Waals surface area contributed by atoms with Crippen LogP contribution in [0, 0.1) is 7.05 Å². The number of rotatable bonds is 17. The van der Waals surface area contributed by atoms with Crippen LogP contribution in [0.1, 0.15) is 121 Å². The number of methoxy groups -OCH3 is 2. The molecule has 2 aromatic heterocycles. The largest absolute Gasteiger partial charge is 1.00 e. The molecule has 0 aliphatic heterocycles. The second kappa shape index (κ2) is 39.6. The molecule has 0 unspecified atom stereocenters. The van der Waals surface area contributed by atoms with Gasteiger partial charge in [-0.3, -0.25) is 36.4 Å². The van der Waals surface area contributed by atoms with Crippen LogP contribution < -0.4 is 125 Å². The first-order chi connectivity index (χ1) is 48.6. The molecule has 0 spiro atoms. The fraction of sp³-hybridized carbons (Fsp3) is 0.195. The summed E-state index contributed by atoms with van der Waals surface area (Å²) in [6, 6.07) is 59.5. The maximum atomic E-state index is 13.4. The Morgan fingerprint density at radius 1 is 0.429 bits per heavy atom. The molecule has 0 bridgehead atoms. The van der Waals surface area contributed by atoms with Crippen LogP contribution in [-0.4, -0.2) is 89.4 Å². The molecule has 0 aliphatic rings. The molecule has 10 rings (SSSR count). The van der Waals surface area contributed by atoms with Gasteiger partial charge < -0.3 is 50.5 Å². The molecule has 5 N–H and O–H groups in total. The van der Waals surface area contributed by atoms with E-state index in [0.717, 1.165) is 50.2 Å². The summed E-state index contributed by atoms with van der Waals surface area (Å²) in [7, 11) is 6.30. The zero-order valence-electron chi connectivity index (χ0n) is 62.0. The number of ether oxygens (including phenoxy) is 4. The normalized spacial score (nSPS) is 10.6. The zero-order valence-corrected chi connectivity index (χ0v) is 68.0. The molecule has 0 fully saturated rings. The van der Waals surface area contributed by atoms with Crippen molar-refractivity contribution in [3.8, 4) is 55.6 Å². The minimum absolute atomic E-state index is 0. The van der Waals surface area contributed by atoms with Gasteiger partial charge in [-0.05, 0) is 158 Å². The molecule has 0 aliphatic carbocycles. The molecule has 8 aromatic carbocycles. The topological polar surface area (TPSA) is 274 Å². The second-order valence-corrected chi connectivity index (χ2v) is 25.8. The van der Waals surface area contributed by atoms with Gasteiger partial charge in [-0.25, -0.2) is 19.2 Å². The number of carboxylic acid groups (broad SMARTS) is 1. The Hall–Kier alpha value is -9.45. The maximum absolute atomic E-state index is 13.4. The number of anilines is 6. The number of pyridine rings is 2. The van der Waals surface area contributed by atoms with Crippen molar-refractivity contribution in [2.45, 2.75) is 92.5 Å². The number of esters is 2. The monoisotopic (exact) mass is 1440 g/mol. The number of aromatic nitrogens is 2. The van der Waals surface area contributed by atoms with Crippen molar-refractivity contribution in [3.05, 3.63) is 260 Å². The van der Waals surface area contributed by atoms with Gasteiger partial charge in [-0.2, -0.15) is 0 Å². The number of amides is 4. The van der Waals surface area contributed by atoms with Crippen LogP contribution in [0.25, 0.3) is 55.6 Å². The SMILES string of the molecule is COC(=O)c1ccc(-c2ccccc2N(C(=O)OC(C)(C)C)C(C)C)cc1N.COC(=O)c1ccc(-c2ccccc2N(C(=O)OC(C)(C)C)C(C)C)cc1NC(=O)c1cncc(-c2ccccc2)c1.[CH2-]Nc1ccccc1-c1ccc(C(=O)[O-])c(NC(=O)c2cncc(-c3ccccc3)c2)c1.[Na+].[Na+].[Na+]. The molecule has 10 aromatic rings. The Bertz CT molecular complexity index is 4680. The number of benzene rings is 8. The van der Waals surface area contributed by atoms with E-state index in [1.807, 2.05) is 203 Å². The van der Waals surface area contributed by atoms with Gasteiger partial charge in [0.05, 0.1) is 65.2 Å². The van der Waals surface area contributed by atoms with Gasteiger partial charge in [0.2, 0.25) is 0 Å². The smallest absolute Gasteiger partial charge is 0.545 e. The number of carbonyl (C=O) groups excluding carboxylic acids is 7. The summed E-state index contributed by atoms with van der Waals surface area (Å²) in [5, 5.41) is 20.1. The number of nitrogens with zero attached hydrogens (tertiary/aromatic N) is 4. The van der Waals surface area contributed by atoms with Crippen LogP contribution in [-0.2, 0) is 18.9 Å².